The first-order valence-corrected chi connectivity index (χ1v) is 21.5. The van der Waals surface area contributed by atoms with Crippen molar-refractivity contribution in [3.63, 3.8) is 0 Å². The predicted octanol–water partition coefficient (Wildman–Crippen LogP) is 5.81. The first-order valence-electron chi connectivity index (χ1n) is 19.6. The second-order valence-electron chi connectivity index (χ2n) is 16.6. The number of hydrogen-bond donors (Lipinski definition) is 3. The molecule has 2 aliphatic carbocycles. The zero-order valence-electron chi connectivity index (χ0n) is 33.2. The van der Waals surface area contributed by atoms with Gasteiger partial charge >= 0.3 is 12.3 Å². The second kappa shape index (κ2) is 17.1. The number of fused-ring (bicyclic) bond motifs is 3. The topological polar surface area (TPSA) is 182 Å². The molecular formula is C39H47ClF5N5O9S. The van der Waals surface area contributed by atoms with Crippen molar-refractivity contribution in [3.8, 4) is 11.8 Å². The third-order valence-electron chi connectivity index (χ3n) is 11.3. The number of sulfonamides is 1. The smallest absolute Gasteiger partial charge is 0.427 e. The number of carbonyl (C=O) groups excluding carboxylic acids is 4. The van der Waals surface area contributed by atoms with E-state index in [1.54, 1.807) is 25.1 Å². The molecule has 7 unspecified atom stereocenters. The Labute approximate surface area is 348 Å². The van der Waals surface area contributed by atoms with Crippen molar-refractivity contribution in [1.29, 1.82) is 0 Å². The Hall–Kier alpha value is -4.46. The van der Waals surface area contributed by atoms with Crippen molar-refractivity contribution in [2.45, 2.75) is 120 Å². The van der Waals surface area contributed by atoms with E-state index < -0.39 is 99.5 Å². The van der Waals surface area contributed by atoms with Crippen LogP contribution in [-0.2, 0) is 29.1 Å². The molecule has 7 atom stereocenters. The summed E-state index contributed by atoms with van der Waals surface area (Å²) < 4.78 is 112. The number of alkyl halides is 5. The van der Waals surface area contributed by atoms with Crippen molar-refractivity contribution in [1.82, 2.24) is 25.2 Å². The largest absolute Gasteiger partial charge is 0.472 e. The summed E-state index contributed by atoms with van der Waals surface area (Å²) in [6.45, 7) is 3.45. The third kappa shape index (κ3) is 10.0. The summed E-state index contributed by atoms with van der Waals surface area (Å²) in [7, 11) is -4.04. The minimum absolute atomic E-state index is 0.0432. The zero-order valence-corrected chi connectivity index (χ0v) is 34.8. The lowest BCUT2D eigenvalue weighted by molar-refractivity contribution is -0.244. The maximum Gasteiger partial charge on any atom is 0.427 e. The minimum atomic E-state index is -4.96. The summed E-state index contributed by atoms with van der Waals surface area (Å²) in [5.74, 6) is -4.55. The van der Waals surface area contributed by atoms with Gasteiger partial charge in [0.25, 0.3) is 12.3 Å². The Morgan fingerprint density at radius 3 is 2.48 bits per heavy atom. The normalized spacial score (nSPS) is 27.9. The van der Waals surface area contributed by atoms with Crippen LogP contribution in [-0.4, -0.2) is 102 Å². The van der Waals surface area contributed by atoms with E-state index in [9.17, 15) is 49.5 Å². The molecule has 0 spiro atoms. The highest BCUT2D eigenvalue weighted by Crippen LogP contribution is 2.46. The number of alkyl carbamates (subject to hydrolysis) is 1. The average Bonchev–Trinajstić information content (AvgIpc) is 4.07. The van der Waals surface area contributed by atoms with Gasteiger partial charge in [-0.3, -0.25) is 19.1 Å². The standard InChI is InChI=1S/C39H47ClF5N5O9S/c1-20-8-5-6-9-22-17-38(22,35(53)49-60(55,56)24-12-13-24)48-32(51)28-15-23(58-33-25-10-7-11-27(40)26(25)16-30(46-33)57-19-29(41)42)18-50(28)34(52)31(21(2)14-20)47-36(54)59-37(3,4)39(43,44)45/h6-7,9-11,16,20-24,28-29,31H,5,8,12-15,17-19H2,1-4H3,(H,47,54)(H,48,51)(H,49,53). The molecule has 21 heteroatoms. The summed E-state index contributed by atoms with van der Waals surface area (Å²) in [5, 5.41) is 5.14. The molecule has 3 fully saturated rings. The van der Waals surface area contributed by atoms with Crippen LogP contribution in [0, 0.1) is 17.8 Å². The van der Waals surface area contributed by atoms with Gasteiger partial charge in [0.05, 0.1) is 11.8 Å². The van der Waals surface area contributed by atoms with Gasteiger partial charge in [0, 0.05) is 34.2 Å². The number of nitrogens with one attached hydrogen (secondary N) is 3. The van der Waals surface area contributed by atoms with Gasteiger partial charge in [0.15, 0.2) is 6.61 Å². The highest BCUT2D eigenvalue weighted by Gasteiger charge is 2.62. The molecule has 3 N–H and O–H groups in total. The van der Waals surface area contributed by atoms with Crippen molar-refractivity contribution in [2.75, 3.05) is 13.2 Å². The van der Waals surface area contributed by atoms with E-state index in [4.69, 9.17) is 25.8 Å². The number of allylic oxidation sites excluding steroid dienone is 1. The molecule has 60 heavy (non-hydrogen) atoms. The number of halogens is 6. The molecule has 0 radical (unpaired) electrons. The maximum atomic E-state index is 14.8. The number of amides is 4. The highest BCUT2D eigenvalue weighted by molar-refractivity contribution is 7.91. The average molecular weight is 892 g/mol. The molecule has 3 heterocycles. The molecule has 2 saturated carbocycles. The van der Waals surface area contributed by atoms with E-state index in [1.807, 2.05) is 13.0 Å². The number of rotatable bonds is 10. The molecule has 1 aromatic heterocycles. The van der Waals surface area contributed by atoms with Crippen LogP contribution in [0.1, 0.15) is 72.6 Å². The SMILES string of the molecule is CC1CCC=CC2CC2(C(=O)NS(=O)(=O)C2CC2)NC(=O)C2CC(Oc3nc(OCC(F)F)cc4c(Cl)cccc34)CN2C(=O)C(NC(=O)OC(C)(C)C(F)(F)F)C(C)C1. The highest BCUT2D eigenvalue weighted by atomic mass is 35.5. The molecule has 2 aromatic rings. The first-order chi connectivity index (χ1) is 28.0. The Morgan fingerprint density at radius 2 is 1.82 bits per heavy atom. The lowest BCUT2D eigenvalue weighted by Crippen LogP contribution is -2.59. The van der Waals surface area contributed by atoms with Crippen molar-refractivity contribution >= 4 is 56.2 Å². The molecule has 4 amide bonds. The van der Waals surface area contributed by atoms with Crippen molar-refractivity contribution in [3.05, 3.63) is 41.4 Å². The number of pyridine rings is 1. The fourth-order valence-electron chi connectivity index (χ4n) is 7.60. The number of benzene rings is 1. The van der Waals surface area contributed by atoms with Gasteiger partial charge in [-0.15, -0.1) is 0 Å². The van der Waals surface area contributed by atoms with Crippen LogP contribution in [0.4, 0.5) is 26.7 Å². The van der Waals surface area contributed by atoms with Gasteiger partial charge in [-0.25, -0.2) is 22.0 Å². The van der Waals surface area contributed by atoms with E-state index >= 15 is 0 Å². The number of hydrogen-bond acceptors (Lipinski definition) is 10. The monoisotopic (exact) mass is 891 g/mol. The molecule has 6 rings (SSSR count). The van der Waals surface area contributed by atoms with Crippen LogP contribution < -0.4 is 24.8 Å². The number of nitrogens with zero attached hydrogens (tertiary/aromatic N) is 2. The predicted molar refractivity (Wildman–Crippen MR) is 207 cm³/mol. The molecule has 4 aliphatic rings. The van der Waals surface area contributed by atoms with E-state index in [1.165, 1.54) is 12.1 Å². The van der Waals surface area contributed by atoms with Crippen LogP contribution in [0.3, 0.4) is 0 Å². The lowest BCUT2D eigenvalue weighted by atomic mass is 9.88. The molecule has 1 saturated heterocycles. The summed E-state index contributed by atoms with van der Waals surface area (Å²) in [6, 6.07) is 3.07. The molecule has 1 aromatic carbocycles. The fourth-order valence-corrected chi connectivity index (χ4v) is 9.19. The quantitative estimate of drug-likeness (QED) is 0.195. The van der Waals surface area contributed by atoms with Gasteiger partial charge < -0.3 is 29.7 Å². The minimum Gasteiger partial charge on any atom is -0.472 e. The molecule has 14 nitrogen and oxygen atoms in total. The molecule has 2 aliphatic heterocycles. The second-order valence-corrected chi connectivity index (χ2v) is 18.9. The van der Waals surface area contributed by atoms with Crippen molar-refractivity contribution < 1.29 is 63.8 Å². The van der Waals surface area contributed by atoms with Gasteiger partial charge in [-0.2, -0.15) is 18.2 Å². The maximum absolute atomic E-state index is 14.8. The molecule has 0 bridgehead atoms. The summed E-state index contributed by atoms with van der Waals surface area (Å²) in [5.41, 5.74) is -4.65. The summed E-state index contributed by atoms with van der Waals surface area (Å²) >= 11 is 6.43. The number of aromatic nitrogens is 1. The zero-order chi connectivity index (χ0) is 43.9. The van der Waals surface area contributed by atoms with Gasteiger partial charge in [-0.05, 0) is 76.3 Å². The summed E-state index contributed by atoms with van der Waals surface area (Å²) in [4.78, 5) is 61.5. The van der Waals surface area contributed by atoms with E-state index in [-0.39, 0.29) is 42.1 Å². The van der Waals surface area contributed by atoms with Gasteiger partial charge in [0.2, 0.25) is 39.2 Å². The Balaban J connectivity index is 1.37. The number of carbonyl (C=O) groups is 4. The van der Waals surface area contributed by atoms with E-state index in [0.717, 1.165) is 4.90 Å². The Kier molecular flexibility index (Phi) is 12.9. The van der Waals surface area contributed by atoms with Gasteiger partial charge in [0.1, 0.15) is 23.7 Å². The first kappa shape index (κ1) is 45.1. The number of ether oxygens (including phenoxy) is 3. The van der Waals surface area contributed by atoms with Gasteiger partial charge in [-0.1, -0.05) is 43.7 Å². The van der Waals surface area contributed by atoms with Crippen LogP contribution in [0.5, 0.6) is 11.8 Å². The third-order valence-corrected chi connectivity index (χ3v) is 13.5. The molecular weight excluding hydrogens is 845 g/mol. The molecule has 330 valence electrons. The Bertz CT molecular complexity index is 2140. The van der Waals surface area contributed by atoms with Crippen LogP contribution in [0.2, 0.25) is 5.02 Å². The van der Waals surface area contributed by atoms with Crippen molar-refractivity contribution in [2.24, 2.45) is 17.8 Å². The fraction of sp³-hybridized carbons (Fsp3) is 0.615. The van der Waals surface area contributed by atoms with Crippen LogP contribution >= 0.6 is 11.6 Å². The van der Waals surface area contributed by atoms with Crippen LogP contribution in [0.25, 0.3) is 10.8 Å². The van der Waals surface area contributed by atoms with Crippen LogP contribution in [0.15, 0.2) is 36.4 Å². The summed E-state index contributed by atoms with van der Waals surface area (Å²) in [6.07, 6.45) is -4.99. The Morgan fingerprint density at radius 1 is 1.10 bits per heavy atom. The lowest BCUT2D eigenvalue weighted by Gasteiger charge is -2.34. The van der Waals surface area contributed by atoms with E-state index in [0.29, 0.717) is 56.7 Å². The van der Waals surface area contributed by atoms with E-state index in [2.05, 4.69) is 20.3 Å².